The molecule has 2 aromatic rings. The van der Waals surface area contributed by atoms with Crippen molar-refractivity contribution < 1.29 is 19.8 Å². The fourth-order valence-electron chi connectivity index (χ4n) is 4.05. The summed E-state index contributed by atoms with van der Waals surface area (Å²) in [4.78, 5) is 31.9. The molecular formula is C17H20N4NaO4S2. The summed E-state index contributed by atoms with van der Waals surface area (Å²) in [5.74, 6) is -1.43. The van der Waals surface area contributed by atoms with Gasteiger partial charge in [-0.2, -0.15) is 0 Å². The maximum Gasteiger partial charge on any atom is 0.352 e. The molecule has 8 nitrogen and oxygen atoms in total. The van der Waals surface area contributed by atoms with Gasteiger partial charge in [-0.3, -0.25) is 9.20 Å². The Balaban J connectivity index is 0.00000225. The van der Waals surface area contributed by atoms with E-state index < -0.39 is 18.0 Å². The second kappa shape index (κ2) is 8.10. The van der Waals surface area contributed by atoms with E-state index in [0.717, 1.165) is 20.5 Å². The quantitative estimate of drug-likeness (QED) is 0.350. The Morgan fingerprint density at radius 3 is 2.82 bits per heavy atom. The molecule has 4 atom stereocenters. The van der Waals surface area contributed by atoms with Gasteiger partial charge in [-0.15, -0.1) is 23.1 Å². The van der Waals surface area contributed by atoms with Crippen LogP contribution in [0.25, 0.3) is 10.4 Å². The number of nitrogens with zero attached hydrogens (tertiary/aromatic N) is 3. The maximum atomic E-state index is 12.5. The molecule has 0 saturated carbocycles. The summed E-state index contributed by atoms with van der Waals surface area (Å²) in [6, 6.07) is -0.315. The zero-order valence-corrected chi connectivity index (χ0v) is 19.5. The number of aliphatic hydroxyl groups is 1. The summed E-state index contributed by atoms with van der Waals surface area (Å²) >= 11 is 3.02. The third-order valence-corrected chi connectivity index (χ3v) is 7.46. The molecule has 1 radical (unpaired) electrons. The number of rotatable bonds is 6. The number of thiazole rings is 1. The van der Waals surface area contributed by atoms with Crippen molar-refractivity contribution in [3.05, 3.63) is 23.1 Å². The van der Waals surface area contributed by atoms with Crippen molar-refractivity contribution in [1.82, 2.24) is 14.3 Å². The molecule has 11 heteroatoms. The first-order valence-corrected chi connectivity index (χ1v) is 10.4. The number of aliphatic hydroxyl groups excluding tert-OH is 1. The average molecular weight is 431 g/mol. The molecule has 4 N–H and O–H groups in total. The topological polar surface area (TPSA) is 121 Å². The Bertz CT molecular complexity index is 970. The molecule has 4 heterocycles. The van der Waals surface area contributed by atoms with Gasteiger partial charge in [0, 0.05) is 59.5 Å². The minimum atomic E-state index is -1.12. The molecule has 2 aliphatic rings. The molecule has 2 aliphatic heterocycles. The van der Waals surface area contributed by atoms with E-state index in [-0.39, 0.29) is 53.1 Å². The zero-order chi connectivity index (χ0) is 19.5. The van der Waals surface area contributed by atoms with Crippen LogP contribution in [0.2, 0.25) is 0 Å². The standard InChI is InChI=1S/C17H20N4O4S2.Na/c1-7-10(9-5-20-6-19-14(16(20)27-9)26-4-3-18)13(17(24)25)21-12(7)11(8(2)22)15(21)23;/h5-8,11-12,22H,3-4,18H2,1-2H3,(H,24,25);/t7-,8+,11+,12+;/m0./s1. The van der Waals surface area contributed by atoms with Crippen LogP contribution in [-0.4, -0.2) is 90.4 Å². The molecule has 1 fully saturated rings. The molecule has 0 bridgehead atoms. The number of hydrogen-bond donors (Lipinski definition) is 3. The van der Waals surface area contributed by atoms with E-state index >= 15 is 0 Å². The first-order valence-electron chi connectivity index (χ1n) is 8.65. The maximum absolute atomic E-state index is 12.5. The number of carboxylic acids is 1. The Hall–Kier alpha value is -0.880. The SMILES string of the molecule is C[C@@H](O)[C@H]1C(=O)N2C(C(=O)O)=C(c3cn4cnc(SCCN)c4s3)[C@H](C)[C@H]12.[Na]. The summed E-state index contributed by atoms with van der Waals surface area (Å²) in [5.41, 5.74) is 6.25. The van der Waals surface area contributed by atoms with Crippen molar-refractivity contribution in [2.45, 2.75) is 31.0 Å². The predicted octanol–water partition coefficient (Wildman–Crippen LogP) is 0.719. The molecule has 1 amide bonds. The van der Waals surface area contributed by atoms with Crippen molar-refractivity contribution in [2.75, 3.05) is 12.3 Å². The van der Waals surface area contributed by atoms with Crippen LogP contribution in [0, 0.1) is 11.8 Å². The summed E-state index contributed by atoms with van der Waals surface area (Å²) < 4.78 is 1.88. The van der Waals surface area contributed by atoms with Crippen molar-refractivity contribution in [3.63, 3.8) is 0 Å². The predicted molar refractivity (Wildman–Crippen MR) is 108 cm³/mol. The molecule has 0 unspecified atom stereocenters. The van der Waals surface area contributed by atoms with E-state index in [4.69, 9.17) is 5.73 Å². The van der Waals surface area contributed by atoms with Crippen molar-refractivity contribution in [3.8, 4) is 0 Å². The number of carbonyl (C=O) groups excluding carboxylic acids is 1. The third-order valence-electron chi connectivity index (χ3n) is 5.18. The van der Waals surface area contributed by atoms with E-state index in [1.54, 1.807) is 25.0 Å². The molecular weight excluding hydrogens is 411 g/mol. The summed E-state index contributed by atoms with van der Waals surface area (Å²) in [7, 11) is 0. The Morgan fingerprint density at radius 1 is 1.50 bits per heavy atom. The first-order chi connectivity index (χ1) is 12.9. The molecule has 0 spiro atoms. The van der Waals surface area contributed by atoms with Crippen LogP contribution < -0.4 is 5.73 Å². The van der Waals surface area contributed by atoms with Crippen LogP contribution >= 0.6 is 23.1 Å². The minimum absolute atomic E-state index is 0. The number of fused-ring (bicyclic) bond motifs is 2. The molecule has 4 rings (SSSR count). The van der Waals surface area contributed by atoms with Gasteiger partial charge in [-0.25, -0.2) is 9.78 Å². The summed E-state index contributed by atoms with van der Waals surface area (Å²) in [6.45, 7) is 4.04. The van der Waals surface area contributed by atoms with Gasteiger partial charge in [-0.1, -0.05) is 6.92 Å². The number of thioether (sulfide) groups is 1. The van der Waals surface area contributed by atoms with E-state index in [9.17, 15) is 19.8 Å². The summed E-state index contributed by atoms with van der Waals surface area (Å²) in [6.07, 6.45) is 2.76. The van der Waals surface area contributed by atoms with Crippen LogP contribution in [0.15, 0.2) is 23.2 Å². The van der Waals surface area contributed by atoms with Crippen LogP contribution in [-0.2, 0) is 9.59 Å². The number of hydrogen-bond acceptors (Lipinski definition) is 7. The second-order valence-electron chi connectivity index (χ2n) is 6.82. The molecule has 28 heavy (non-hydrogen) atoms. The molecule has 0 aliphatic carbocycles. The van der Waals surface area contributed by atoms with Crippen molar-refractivity contribution >= 4 is 74.9 Å². The van der Waals surface area contributed by atoms with E-state index in [2.05, 4.69) is 4.98 Å². The van der Waals surface area contributed by atoms with E-state index in [0.29, 0.717) is 12.1 Å². The van der Waals surface area contributed by atoms with Gasteiger partial charge in [0.25, 0.3) is 0 Å². The number of nitrogens with two attached hydrogens (primary N) is 1. The number of carbonyl (C=O) groups is 2. The second-order valence-corrected chi connectivity index (χ2v) is 8.93. The smallest absolute Gasteiger partial charge is 0.352 e. The first kappa shape index (κ1) is 21.8. The van der Waals surface area contributed by atoms with Crippen LogP contribution in [0.5, 0.6) is 0 Å². The molecule has 1 saturated heterocycles. The Labute approximate surface area is 192 Å². The summed E-state index contributed by atoms with van der Waals surface area (Å²) in [5, 5.41) is 20.6. The number of imidazole rings is 1. The average Bonchev–Trinajstić information content (AvgIpc) is 3.23. The van der Waals surface area contributed by atoms with Gasteiger partial charge in [-0.05, 0) is 6.92 Å². The fourth-order valence-corrected chi connectivity index (χ4v) is 6.13. The van der Waals surface area contributed by atoms with Crippen LogP contribution in [0.4, 0.5) is 0 Å². The minimum Gasteiger partial charge on any atom is -0.477 e. The number of carboxylic acid groups (broad SMARTS) is 1. The van der Waals surface area contributed by atoms with Crippen molar-refractivity contribution in [2.24, 2.45) is 17.6 Å². The normalized spacial score (nSPS) is 24.9. The Kier molecular flexibility index (Phi) is 6.31. The fraction of sp³-hybridized carbons (Fsp3) is 0.471. The van der Waals surface area contributed by atoms with Crippen LogP contribution in [0.1, 0.15) is 18.7 Å². The molecule has 2 aromatic heterocycles. The van der Waals surface area contributed by atoms with Gasteiger partial charge < -0.3 is 20.8 Å². The van der Waals surface area contributed by atoms with E-state index in [1.165, 1.54) is 16.2 Å². The monoisotopic (exact) mass is 431 g/mol. The van der Waals surface area contributed by atoms with Gasteiger partial charge in [0.15, 0.2) is 0 Å². The number of aromatic nitrogens is 2. The van der Waals surface area contributed by atoms with Gasteiger partial charge in [0.1, 0.15) is 21.9 Å². The van der Waals surface area contributed by atoms with Gasteiger partial charge in [0.05, 0.1) is 22.9 Å². The number of amides is 1. The zero-order valence-electron chi connectivity index (χ0n) is 15.8. The number of aliphatic carboxylic acids is 1. The van der Waals surface area contributed by atoms with Crippen LogP contribution in [0.3, 0.4) is 0 Å². The molecule has 145 valence electrons. The largest absolute Gasteiger partial charge is 0.477 e. The van der Waals surface area contributed by atoms with Gasteiger partial charge >= 0.3 is 5.97 Å². The molecule has 0 aromatic carbocycles. The van der Waals surface area contributed by atoms with Crippen molar-refractivity contribution in [1.29, 1.82) is 0 Å². The van der Waals surface area contributed by atoms with E-state index in [1.807, 2.05) is 17.5 Å². The Morgan fingerprint density at radius 2 is 2.21 bits per heavy atom. The number of β-lactam (4-membered cyclic amide) rings is 1. The third kappa shape index (κ3) is 3.15. The van der Waals surface area contributed by atoms with Gasteiger partial charge in [0.2, 0.25) is 5.91 Å².